The molecule has 2 aromatic heterocycles. The number of halogens is 1. The average molecular weight is 466 g/mol. The summed E-state index contributed by atoms with van der Waals surface area (Å²) in [6.07, 6.45) is 3.17. The van der Waals surface area contributed by atoms with Crippen molar-refractivity contribution in [2.45, 2.75) is 30.0 Å². The van der Waals surface area contributed by atoms with Gasteiger partial charge in [0.2, 0.25) is 0 Å². The minimum absolute atomic E-state index is 0.145. The molecule has 1 fully saturated rings. The number of nitrogens with two attached hydrogens (primary N) is 1. The summed E-state index contributed by atoms with van der Waals surface area (Å²) in [5, 5.41) is 25.8. The quantitative estimate of drug-likeness (QED) is 0.487. The fourth-order valence-electron chi connectivity index (χ4n) is 3.55. The molecule has 32 heavy (non-hydrogen) atoms. The van der Waals surface area contributed by atoms with Crippen LogP contribution < -0.4 is 16.0 Å². The van der Waals surface area contributed by atoms with Crippen LogP contribution in [0.1, 0.15) is 36.1 Å². The number of anilines is 4. The first-order valence-electron chi connectivity index (χ1n) is 10.1. The predicted octanol–water partition coefficient (Wildman–Crippen LogP) is 5.03. The zero-order valence-corrected chi connectivity index (χ0v) is 18.8. The summed E-state index contributed by atoms with van der Waals surface area (Å²) in [4.78, 5) is 11.0. The van der Waals surface area contributed by atoms with E-state index in [1.165, 1.54) is 35.2 Å². The van der Waals surface area contributed by atoms with Crippen LogP contribution in [-0.4, -0.2) is 23.1 Å². The van der Waals surface area contributed by atoms with Gasteiger partial charge in [0.05, 0.1) is 11.4 Å². The van der Waals surface area contributed by atoms with Crippen LogP contribution in [-0.2, 0) is 5.75 Å². The molecule has 0 radical (unpaired) electrons. The van der Waals surface area contributed by atoms with E-state index < -0.39 is 0 Å². The average Bonchev–Trinajstić information content (AvgIpc) is 3.26. The maximum atomic E-state index is 13.1. The Morgan fingerprint density at radius 1 is 1.09 bits per heavy atom. The summed E-state index contributed by atoms with van der Waals surface area (Å²) < 4.78 is 13.1. The zero-order valence-electron chi connectivity index (χ0n) is 17.1. The van der Waals surface area contributed by atoms with E-state index >= 15 is 0 Å². The highest BCUT2D eigenvalue weighted by Gasteiger charge is 2.25. The van der Waals surface area contributed by atoms with Crippen LogP contribution in [0.15, 0.2) is 34.7 Å². The molecule has 7 nitrogen and oxygen atoms in total. The fourth-order valence-corrected chi connectivity index (χ4v) is 5.27. The molecule has 0 amide bonds. The first-order chi connectivity index (χ1) is 15.6. The van der Waals surface area contributed by atoms with E-state index in [2.05, 4.69) is 32.3 Å². The van der Waals surface area contributed by atoms with Crippen molar-refractivity contribution in [1.82, 2.24) is 9.97 Å². The Hall–Kier alpha value is -3.34. The van der Waals surface area contributed by atoms with Crippen molar-refractivity contribution in [2.24, 2.45) is 0 Å². The number of piperidine rings is 1. The van der Waals surface area contributed by atoms with Gasteiger partial charge in [-0.25, -0.2) is 14.4 Å². The lowest BCUT2D eigenvalue weighted by Gasteiger charge is -2.30. The number of aromatic nitrogens is 2. The van der Waals surface area contributed by atoms with Crippen molar-refractivity contribution >= 4 is 45.4 Å². The van der Waals surface area contributed by atoms with E-state index in [1.54, 1.807) is 12.1 Å². The first kappa shape index (κ1) is 21.9. The van der Waals surface area contributed by atoms with E-state index in [0.717, 1.165) is 43.7 Å². The largest absolute Gasteiger partial charge is 0.382 e. The summed E-state index contributed by atoms with van der Waals surface area (Å²) in [6.45, 7) is 1.59. The summed E-state index contributed by atoms with van der Waals surface area (Å²) in [5.41, 5.74) is 8.93. The van der Waals surface area contributed by atoms with E-state index in [-0.39, 0.29) is 17.2 Å². The van der Waals surface area contributed by atoms with Gasteiger partial charge in [-0.05, 0) is 43.5 Å². The summed E-state index contributed by atoms with van der Waals surface area (Å²) >= 11 is 2.81. The van der Waals surface area contributed by atoms with Crippen LogP contribution in [0.3, 0.4) is 0 Å². The van der Waals surface area contributed by atoms with Gasteiger partial charge in [0, 0.05) is 29.9 Å². The number of nitriles is 2. The van der Waals surface area contributed by atoms with Crippen LogP contribution in [0.5, 0.6) is 0 Å². The molecule has 3 aromatic rings. The molecule has 0 spiro atoms. The Bertz CT molecular complexity index is 1190. The van der Waals surface area contributed by atoms with Gasteiger partial charge in [0.25, 0.3) is 0 Å². The van der Waals surface area contributed by atoms with Crippen LogP contribution in [0, 0.1) is 28.5 Å². The number of hydrogen-bond acceptors (Lipinski definition) is 9. The van der Waals surface area contributed by atoms with Crippen LogP contribution in [0.2, 0.25) is 0 Å². The molecule has 0 bridgehead atoms. The maximum Gasteiger partial charge on any atom is 0.187 e. The minimum Gasteiger partial charge on any atom is -0.382 e. The highest BCUT2D eigenvalue weighted by Crippen LogP contribution is 2.37. The Morgan fingerprint density at radius 3 is 2.50 bits per heavy atom. The SMILES string of the molecule is N#Cc1c(N)nc(SCc2csc(Nc3ccc(F)cc3)n2)c(C#N)c1N1CCCCC1. The molecule has 1 aliphatic heterocycles. The van der Waals surface area contributed by atoms with Crippen molar-refractivity contribution < 1.29 is 4.39 Å². The monoisotopic (exact) mass is 465 g/mol. The van der Waals surface area contributed by atoms with Crippen molar-refractivity contribution in [3.05, 3.63) is 52.3 Å². The number of nitrogens with zero attached hydrogens (tertiary/aromatic N) is 5. The molecular formula is C22H20FN7S2. The summed E-state index contributed by atoms with van der Waals surface area (Å²) in [5.74, 6) is 0.346. The lowest BCUT2D eigenvalue weighted by atomic mass is 10.1. The summed E-state index contributed by atoms with van der Waals surface area (Å²) in [7, 11) is 0. The normalized spacial score (nSPS) is 13.4. The molecule has 10 heteroatoms. The number of thioether (sulfide) groups is 1. The molecule has 0 saturated carbocycles. The van der Waals surface area contributed by atoms with Crippen molar-refractivity contribution in [2.75, 3.05) is 29.0 Å². The Balaban J connectivity index is 1.54. The van der Waals surface area contributed by atoms with E-state index in [9.17, 15) is 14.9 Å². The molecule has 0 atom stereocenters. The highest BCUT2D eigenvalue weighted by molar-refractivity contribution is 7.98. The zero-order chi connectivity index (χ0) is 22.5. The maximum absolute atomic E-state index is 13.1. The fraction of sp³-hybridized carbons (Fsp3) is 0.273. The van der Waals surface area contributed by atoms with Gasteiger partial charge in [0.15, 0.2) is 5.13 Å². The van der Waals surface area contributed by atoms with Gasteiger partial charge < -0.3 is 16.0 Å². The minimum atomic E-state index is -0.293. The van der Waals surface area contributed by atoms with Crippen LogP contribution >= 0.6 is 23.1 Å². The van der Waals surface area contributed by atoms with E-state index in [0.29, 0.717) is 27.2 Å². The number of benzene rings is 1. The number of nitrogen functional groups attached to an aromatic ring is 1. The van der Waals surface area contributed by atoms with Gasteiger partial charge in [-0.15, -0.1) is 11.3 Å². The predicted molar refractivity (Wildman–Crippen MR) is 126 cm³/mol. The molecule has 3 N–H and O–H groups in total. The summed E-state index contributed by atoms with van der Waals surface area (Å²) in [6, 6.07) is 10.5. The smallest absolute Gasteiger partial charge is 0.187 e. The number of rotatable bonds is 6. The Morgan fingerprint density at radius 2 is 1.81 bits per heavy atom. The van der Waals surface area contributed by atoms with Gasteiger partial charge in [-0.3, -0.25) is 0 Å². The van der Waals surface area contributed by atoms with E-state index in [4.69, 9.17) is 5.73 Å². The third-order valence-corrected chi connectivity index (χ3v) is 6.88. The van der Waals surface area contributed by atoms with Gasteiger partial charge in [-0.2, -0.15) is 10.5 Å². The molecule has 1 saturated heterocycles. The van der Waals surface area contributed by atoms with Crippen molar-refractivity contribution in [3.63, 3.8) is 0 Å². The van der Waals surface area contributed by atoms with E-state index in [1.807, 2.05) is 5.38 Å². The van der Waals surface area contributed by atoms with Crippen LogP contribution in [0.4, 0.5) is 26.7 Å². The Labute approximate surface area is 193 Å². The number of hydrogen-bond donors (Lipinski definition) is 2. The third-order valence-electron chi connectivity index (χ3n) is 5.07. The van der Waals surface area contributed by atoms with Gasteiger partial charge in [0.1, 0.15) is 39.9 Å². The molecular weight excluding hydrogens is 445 g/mol. The van der Waals surface area contributed by atoms with Crippen LogP contribution in [0.25, 0.3) is 0 Å². The second-order valence-electron chi connectivity index (χ2n) is 7.24. The molecule has 0 aliphatic carbocycles. The van der Waals surface area contributed by atoms with Crippen molar-refractivity contribution in [1.29, 1.82) is 10.5 Å². The van der Waals surface area contributed by atoms with Gasteiger partial charge >= 0.3 is 0 Å². The second-order valence-corrected chi connectivity index (χ2v) is 9.06. The number of nitrogens with one attached hydrogen (secondary N) is 1. The number of thiazole rings is 1. The topological polar surface area (TPSA) is 115 Å². The van der Waals surface area contributed by atoms with Gasteiger partial charge in [-0.1, -0.05) is 11.8 Å². The lowest BCUT2D eigenvalue weighted by Crippen LogP contribution is -2.31. The lowest BCUT2D eigenvalue weighted by molar-refractivity contribution is 0.576. The third kappa shape index (κ3) is 4.77. The highest BCUT2D eigenvalue weighted by atomic mass is 32.2. The molecule has 162 valence electrons. The molecule has 0 unspecified atom stereocenters. The standard InChI is InChI=1S/C22H20FN7S2/c23-14-4-6-15(7-5-14)27-22-28-16(13-32-22)12-31-21-18(11-25)19(17(10-24)20(26)29-21)30-8-2-1-3-9-30/h4-7,13H,1-3,8-9,12H2,(H2,26,29)(H,27,28). The molecule has 1 aromatic carbocycles. The number of pyridine rings is 1. The Kier molecular flexibility index (Phi) is 6.74. The molecule has 3 heterocycles. The first-order valence-corrected chi connectivity index (χ1v) is 11.9. The molecule has 4 rings (SSSR count). The second kappa shape index (κ2) is 9.86. The van der Waals surface area contributed by atoms with Crippen molar-refractivity contribution in [3.8, 4) is 12.1 Å². The molecule has 1 aliphatic rings.